The number of carbonyl (C=O) groups excluding carboxylic acids is 2. The summed E-state index contributed by atoms with van der Waals surface area (Å²) in [6.07, 6.45) is 0.957. The van der Waals surface area contributed by atoms with Crippen LogP contribution in [-0.4, -0.2) is 35.0 Å². The summed E-state index contributed by atoms with van der Waals surface area (Å²) in [4.78, 5) is 25.2. The molecule has 0 saturated carbocycles. The molecule has 96 valence electrons. The van der Waals surface area contributed by atoms with Crippen LogP contribution in [0.2, 0.25) is 0 Å². The molecule has 1 heterocycles. The highest BCUT2D eigenvalue weighted by Gasteiger charge is 2.38. The minimum Gasteiger partial charge on any atom is -0.458 e. The predicted octanol–water partition coefficient (Wildman–Crippen LogP) is 1.90. The van der Waals surface area contributed by atoms with Crippen LogP contribution >= 0.6 is 0 Å². The fourth-order valence-corrected chi connectivity index (χ4v) is 1.84. The summed E-state index contributed by atoms with van der Waals surface area (Å²) in [6, 6.07) is -0.446. The van der Waals surface area contributed by atoms with E-state index in [0.29, 0.717) is 19.4 Å². The normalized spacial score (nSPS) is 20.6. The molecule has 1 fully saturated rings. The SMILES string of the molecule is C=C(C)CN1C(=O)CC[C@H]1C(=O)OC(C)(C)C. The Bertz CT molecular complexity index is 341. The quantitative estimate of drug-likeness (QED) is 0.558. The molecule has 4 heteroatoms. The zero-order chi connectivity index (χ0) is 13.2. The third-order valence-corrected chi connectivity index (χ3v) is 2.45. The van der Waals surface area contributed by atoms with Gasteiger partial charge >= 0.3 is 5.97 Å². The van der Waals surface area contributed by atoms with Crippen molar-refractivity contribution in [1.29, 1.82) is 0 Å². The van der Waals surface area contributed by atoms with Crippen molar-refractivity contribution in [3.8, 4) is 0 Å². The van der Waals surface area contributed by atoms with E-state index in [0.717, 1.165) is 5.57 Å². The summed E-state index contributed by atoms with van der Waals surface area (Å²) >= 11 is 0. The number of ether oxygens (including phenoxy) is 1. The van der Waals surface area contributed by atoms with Crippen molar-refractivity contribution in [2.24, 2.45) is 0 Å². The van der Waals surface area contributed by atoms with E-state index in [1.54, 1.807) is 4.90 Å². The molecular weight excluding hydrogens is 218 g/mol. The van der Waals surface area contributed by atoms with Crippen LogP contribution < -0.4 is 0 Å². The van der Waals surface area contributed by atoms with Gasteiger partial charge in [0.05, 0.1) is 0 Å². The minimum absolute atomic E-state index is 0.00357. The van der Waals surface area contributed by atoms with Crippen molar-refractivity contribution in [1.82, 2.24) is 4.90 Å². The average Bonchev–Trinajstić information content (AvgIpc) is 2.44. The fraction of sp³-hybridized carbons (Fsp3) is 0.692. The third kappa shape index (κ3) is 3.88. The zero-order valence-corrected chi connectivity index (χ0v) is 11.1. The molecule has 0 N–H and O–H groups in total. The molecule has 17 heavy (non-hydrogen) atoms. The van der Waals surface area contributed by atoms with Crippen molar-refractivity contribution >= 4 is 11.9 Å². The second kappa shape index (κ2) is 4.90. The highest BCUT2D eigenvalue weighted by molar-refractivity contribution is 5.88. The molecular formula is C13H21NO3. The molecule has 0 aromatic carbocycles. The molecule has 1 aliphatic rings. The Balaban J connectivity index is 2.72. The van der Waals surface area contributed by atoms with E-state index in [2.05, 4.69) is 6.58 Å². The summed E-state index contributed by atoms with van der Waals surface area (Å²) in [5.41, 5.74) is 0.353. The van der Waals surface area contributed by atoms with Gasteiger partial charge in [-0.2, -0.15) is 0 Å². The lowest BCUT2D eigenvalue weighted by Gasteiger charge is -2.27. The summed E-state index contributed by atoms with van der Waals surface area (Å²) in [7, 11) is 0. The van der Waals surface area contributed by atoms with E-state index in [1.165, 1.54) is 0 Å². The van der Waals surface area contributed by atoms with Crippen LogP contribution in [0.5, 0.6) is 0 Å². The van der Waals surface area contributed by atoms with E-state index in [4.69, 9.17) is 4.74 Å². The van der Waals surface area contributed by atoms with E-state index >= 15 is 0 Å². The molecule has 0 unspecified atom stereocenters. The average molecular weight is 239 g/mol. The monoisotopic (exact) mass is 239 g/mol. The van der Waals surface area contributed by atoms with Crippen LogP contribution in [0, 0.1) is 0 Å². The number of rotatable bonds is 3. The Hall–Kier alpha value is -1.32. The highest BCUT2D eigenvalue weighted by atomic mass is 16.6. The topological polar surface area (TPSA) is 46.6 Å². The van der Waals surface area contributed by atoms with Gasteiger partial charge in [-0.05, 0) is 34.1 Å². The lowest BCUT2D eigenvalue weighted by molar-refractivity contribution is -0.162. The van der Waals surface area contributed by atoms with Gasteiger partial charge in [-0.25, -0.2) is 4.79 Å². The molecule has 1 rings (SSSR count). The number of esters is 1. The van der Waals surface area contributed by atoms with Gasteiger partial charge in [0.15, 0.2) is 0 Å². The zero-order valence-electron chi connectivity index (χ0n) is 11.1. The molecule has 0 spiro atoms. The maximum absolute atomic E-state index is 12.0. The van der Waals surface area contributed by atoms with Gasteiger partial charge in [0.2, 0.25) is 5.91 Å². The van der Waals surface area contributed by atoms with Crippen LogP contribution in [0.25, 0.3) is 0 Å². The molecule has 1 amide bonds. The maximum atomic E-state index is 12.0. The maximum Gasteiger partial charge on any atom is 0.329 e. The molecule has 0 aliphatic carbocycles. The van der Waals surface area contributed by atoms with Gasteiger partial charge in [-0.15, -0.1) is 0 Å². The summed E-state index contributed by atoms with van der Waals surface area (Å²) < 4.78 is 5.32. The van der Waals surface area contributed by atoms with Gasteiger partial charge in [-0.1, -0.05) is 12.2 Å². The lowest BCUT2D eigenvalue weighted by Crippen LogP contribution is -2.42. The Labute approximate surface area is 103 Å². The van der Waals surface area contributed by atoms with E-state index in [1.807, 2.05) is 27.7 Å². The molecule has 1 aliphatic heterocycles. The van der Waals surface area contributed by atoms with Gasteiger partial charge in [0.1, 0.15) is 11.6 Å². The molecule has 0 radical (unpaired) electrons. The Kier molecular flexibility index (Phi) is 3.96. The van der Waals surface area contributed by atoms with Gasteiger partial charge < -0.3 is 9.64 Å². The Morgan fingerprint density at radius 3 is 2.59 bits per heavy atom. The minimum atomic E-state index is -0.516. The van der Waals surface area contributed by atoms with Gasteiger partial charge in [0.25, 0.3) is 0 Å². The van der Waals surface area contributed by atoms with Gasteiger partial charge in [0, 0.05) is 13.0 Å². The standard InChI is InChI=1S/C13H21NO3/c1-9(2)8-14-10(6-7-11(14)15)12(16)17-13(3,4)5/h10H,1,6-8H2,2-5H3/t10-/m0/s1. The molecule has 4 nitrogen and oxygen atoms in total. The first-order chi connectivity index (χ1) is 7.70. The lowest BCUT2D eigenvalue weighted by atomic mass is 10.1. The number of carbonyl (C=O) groups is 2. The van der Waals surface area contributed by atoms with Crippen molar-refractivity contribution < 1.29 is 14.3 Å². The van der Waals surface area contributed by atoms with E-state index in [9.17, 15) is 9.59 Å². The second-order valence-electron chi connectivity index (χ2n) is 5.57. The first-order valence-corrected chi connectivity index (χ1v) is 5.87. The van der Waals surface area contributed by atoms with Crippen molar-refractivity contribution in [3.05, 3.63) is 12.2 Å². The van der Waals surface area contributed by atoms with Crippen LogP contribution in [0.3, 0.4) is 0 Å². The van der Waals surface area contributed by atoms with Crippen molar-refractivity contribution in [2.75, 3.05) is 6.54 Å². The molecule has 0 aromatic heterocycles. The summed E-state index contributed by atoms with van der Waals surface area (Å²) in [5.74, 6) is -0.312. The van der Waals surface area contributed by atoms with E-state index in [-0.39, 0.29) is 11.9 Å². The smallest absolute Gasteiger partial charge is 0.329 e. The first-order valence-electron chi connectivity index (χ1n) is 5.87. The number of hydrogen-bond acceptors (Lipinski definition) is 3. The molecule has 1 saturated heterocycles. The summed E-state index contributed by atoms with van der Waals surface area (Å²) in [6.45, 7) is 11.5. The van der Waals surface area contributed by atoms with Crippen molar-refractivity contribution in [3.63, 3.8) is 0 Å². The van der Waals surface area contributed by atoms with Gasteiger partial charge in [-0.3, -0.25) is 4.79 Å². The molecule has 0 aromatic rings. The number of amides is 1. The van der Waals surface area contributed by atoms with E-state index < -0.39 is 11.6 Å². The Morgan fingerprint density at radius 2 is 2.12 bits per heavy atom. The second-order valence-corrected chi connectivity index (χ2v) is 5.57. The summed E-state index contributed by atoms with van der Waals surface area (Å²) in [5, 5.41) is 0. The van der Waals surface area contributed by atoms with Crippen LogP contribution in [-0.2, 0) is 14.3 Å². The number of likely N-dealkylation sites (tertiary alicyclic amines) is 1. The number of hydrogen-bond donors (Lipinski definition) is 0. The largest absolute Gasteiger partial charge is 0.458 e. The number of nitrogens with zero attached hydrogens (tertiary/aromatic N) is 1. The predicted molar refractivity (Wildman–Crippen MR) is 65.4 cm³/mol. The van der Waals surface area contributed by atoms with Crippen LogP contribution in [0.15, 0.2) is 12.2 Å². The highest BCUT2D eigenvalue weighted by Crippen LogP contribution is 2.22. The third-order valence-electron chi connectivity index (χ3n) is 2.45. The first kappa shape index (κ1) is 13.7. The molecule has 1 atom stereocenters. The van der Waals surface area contributed by atoms with Crippen LogP contribution in [0.4, 0.5) is 0 Å². The molecule has 0 bridgehead atoms. The fourth-order valence-electron chi connectivity index (χ4n) is 1.84. The van der Waals surface area contributed by atoms with Crippen molar-refractivity contribution in [2.45, 2.75) is 52.2 Å². The van der Waals surface area contributed by atoms with Crippen LogP contribution in [0.1, 0.15) is 40.5 Å². The Morgan fingerprint density at radius 1 is 1.53 bits per heavy atom.